The van der Waals surface area contributed by atoms with E-state index in [4.69, 9.17) is 14.5 Å². The van der Waals surface area contributed by atoms with E-state index in [-0.39, 0.29) is 4.47 Å². The smallest absolute Gasteiger partial charge is 0.340 e. The summed E-state index contributed by atoms with van der Waals surface area (Å²) in [6.45, 7) is 0.580. The van der Waals surface area contributed by atoms with Crippen LogP contribution in [0, 0.1) is 5.92 Å². The molecule has 4 nitrogen and oxygen atoms in total. The van der Waals surface area contributed by atoms with Crippen LogP contribution in [-0.4, -0.2) is 21.4 Å². The van der Waals surface area contributed by atoms with Gasteiger partial charge in [-0.3, -0.25) is 0 Å². The molecule has 1 fully saturated rings. The number of nitrogens with zero attached hydrogens (tertiary/aromatic N) is 1. The minimum absolute atomic E-state index is 0.107. The summed E-state index contributed by atoms with van der Waals surface area (Å²) in [7, 11) is -3.42. The van der Waals surface area contributed by atoms with E-state index in [0.29, 0.717) is 29.2 Å². The largest absolute Gasteiger partial charge is 0.477 e. The number of ether oxygens (including phenoxy) is 1. The van der Waals surface area contributed by atoms with Gasteiger partial charge in [-0.1, -0.05) is 22.4 Å². The third-order valence-electron chi connectivity index (χ3n) is 4.05. The Morgan fingerprint density at radius 1 is 1.26 bits per heavy atom. The number of hydrogen-bond donors (Lipinski definition) is 2. The number of pyridine rings is 1. The molecule has 0 saturated heterocycles. The zero-order chi connectivity index (χ0) is 16.6. The fraction of sp³-hybridized carbons (Fsp3) is 0.400. The molecule has 1 saturated carbocycles. The highest BCUT2D eigenvalue weighted by Crippen LogP contribution is 2.54. The van der Waals surface area contributed by atoms with E-state index >= 15 is 0 Å². The molecule has 2 N–H and O–H groups in total. The normalized spacial score (nSPS) is 15.9. The van der Waals surface area contributed by atoms with Crippen LogP contribution in [-0.2, 0) is 5.66 Å². The van der Waals surface area contributed by atoms with Crippen molar-refractivity contribution in [3.63, 3.8) is 0 Å². The van der Waals surface area contributed by atoms with Crippen LogP contribution >= 0.6 is 24.3 Å². The van der Waals surface area contributed by atoms with Gasteiger partial charge in [-0.05, 0) is 36.3 Å². The Kier molecular flexibility index (Phi) is 4.83. The summed E-state index contributed by atoms with van der Waals surface area (Å²) in [4.78, 5) is 22.1. The average Bonchev–Trinajstić information content (AvgIpc) is 2.44. The fourth-order valence-electron chi connectivity index (χ4n) is 2.43. The third kappa shape index (κ3) is 3.48. The summed E-state index contributed by atoms with van der Waals surface area (Å²) in [5, 5.41) is 1.17. The van der Waals surface area contributed by atoms with Crippen molar-refractivity contribution < 1.29 is 23.3 Å². The lowest BCUT2D eigenvalue weighted by molar-refractivity contribution is 0.0726. The summed E-state index contributed by atoms with van der Waals surface area (Å²) in [5.41, 5.74) is -4.17. The standard InChI is InChI=1S/C15H15BrF2NO3P/c16-13-5-11-7-19-14(22-8-9-2-1-3-9)6-10(11)4-12(13)15(17,18)23(20)21/h4-7,9,20-21H,1-3,8H2. The highest BCUT2D eigenvalue weighted by atomic mass is 79.9. The van der Waals surface area contributed by atoms with Crippen molar-refractivity contribution in [1.82, 2.24) is 4.98 Å². The molecule has 0 amide bonds. The molecule has 23 heavy (non-hydrogen) atoms. The zero-order valence-corrected chi connectivity index (χ0v) is 14.5. The predicted molar refractivity (Wildman–Crippen MR) is 87.5 cm³/mol. The average molecular weight is 406 g/mol. The van der Waals surface area contributed by atoms with Crippen LogP contribution in [0.15, 0.2) is 28.9 Å². The third-order valence-corrected chi connectivity index (χ3v) is 5.45. The van der Waals surface area contributed by atoms with Gasteiger partial charge in [0.15, 0.2) is 0 Å². The predicted octanol–water partition coefficient (Wildman–Crippen LogP) is 4.52. The molecular formula is C15H15BrF2NO3P. The monoisotopic (exact) mass is 405 g/mol. The molecule has 1 aliphatic rings. The molecule has 0 aliphatic heterocycles. The first-order valence-corrected chi connectivity index (χ1v) is 9.20. The summed E-state index contributed by atoms with van der Waals surface area (Å²) in [6.07, 6.45) is 5.07. The molecule has 2 aromatic rings. The van der Waals surface area contributed by atoms with Crippen molar-refractivity contribution in [2.24, 2.45) is 5.92 Å². The number of halogens is 3. The van der Waals surface area contributed by atoms with Gasteiger partial charge >= 0.3 is 5.66 Å². The first kappa shape index (κ1) is 17.0. The minimum atomic E-state index is -3.71. The van der Waals surface area contributed by atoms with E-state index < -0.39 is 19.6 Å². The van der Waals surface area contributed by atoms with Crippen LogP contribution < -0.4 is 4.74 Å². The number of hydrogen-bond acceptors (Lipinski definition) is 4. The number of rotatable bonds is 5. The number of alkyl halides is 2. The Balaban J connectivity index is 1.92. The van der Waals surface area contributed by atoms with Crippen molar-refractivity contribution in [3.8, 4) is 5.88 Å². The van der Waals surface area contributed by atoms with Gasteiger partial charge in [0.05, 0.1) is 6.61 Å². The van der Waals surface area contributed by atoms with Crippen molar-refractivity contribution in [3.05, 3.63) is 34.4 Å². The SMILES string of the molecule is OP(O)C(F)(F)c1cc2cc(OCC3CCC3)ncc2cc1Br. The maximum Gasteiger partial charge on any atom is 0.340 e. The zero-order valence-electron chi connectivity index (χ0n) is 12.0. The second-order valence-corrected chi connectivity index (χ2v) is 7.64. The Labute approximate surface area is 141 Å². The molecule has 0 radical (unpaired) electrons. The number of benzene rings is 1. The highest BCUT2D eigenvalue weighted by Gasteiger charge is 2.42. The quantitative estimate of drug-likeness (QED) is 0.717. The van der Waals surface area contributed by atoms with Crippen LogP contribution in [0.1, 0.15) is 24.8 Å². The topological polar surface area (TPSA) is 62.6 Å². The lowest BCUT2D eigenvalue weighted by atomic mass is 9.86. The maximum absolute atomic E-state index is 13.9. The first-order valence-electron chi connectivity index (χ1n) is 7.16. The van der Waals surface area contributed by atoms with Gasteiger partial charge in [0.1, 0.15) is 0 Å². The molecule has 1 aromatic carbocycles. The molecule has 8 heteroatoms. The molecule has 3 rings (SSSR count). The van der Waals surface area contributed by atoms with Crippen LogP contribution in [0.3, 0.4) is 0 Å². The van der Waals surface area contributed by atoms with Gasteiger partial charge in [0.25, 0.3) is 0 Å². The lowest BCUT2D eigenvalue weighted by Gasteiger charge is -2.24. The van der Waals surface area contributed by atoms with E-state index in [2.05, 4.69) is 20.9 Å². The van der Waals surface area contributed by atoms with Crippen LogP contribution in [0.2, 0.25) is 0 Å². The molecule has 1 aromatic heterocycles. The second-order valence-electron chi connectivity index (χ2n) is 5.64. The van der Waals surface area contributed by atoms with Gasteiger partial charge in [-0.15, -0.1) is 0 Å². The molecule has 0 unspecified atom stereocenters. The first-order chi connectivity index (χ1) is 10.9. The number of fused-ring (bicyclic) bond motifs is 1. The van der Waals surface area contributed by atoms with Crippen LogP contribution in [0.5, 0.6) is 5.88 Å². The Bertz CT molecular complexity index is 725. The molecule has 0 bridgehead atoms. The molecule has 1 aliphatic carbocycles. The second kappa shape index (κ2) is 6.55. The van der Waals surface area contributed by atoms with E-state index in [9.17, 15) is 8.78 Å². The van der Waals surface area contributed by atoms with E-state index in [1.807, 2.05) is 0 Å². The molecule has 124 valence electrons. The molecule has 0 spiro atoms. The lowest BCUT2D eigenvalue weighted by Crippen LogP contribution is -2.19. The van der Waals surface area contributed by atoms with Gasteiger partial charge in [-0.25, -0.2) is 4.98 Å². The fourth-order valence-corrected chi connectivity index (χ4v) is 3.59. The van der Waals surface area contributed by atoms with Gasteiger partial charge in [0, 0.05) is 27.7 Å². The molecule has 1 heterocycles. The molecular weight excluding hydrogens is 391 g/mol. The summed E-state index contributed by atoms with van der Waals surface area (Å²) in [6, 6.07) is 4.32. The Morgan fingerprint density at radius 2 is 2.00 bits per heavy atom. The molecule has 0 atom stereocenters. The van der Waals surface area contributed by atoms with Gasteiger partial charge in [-0.2, -0.15) is 8.78 Å². The van der Waals surface area contributed by atoms with E-state index in [1.54, 1.807) is 12.3 Å². The summed E-state index contributed by atoms with van der Waals surface area (Å²) < 4.78 is 33.6. The van der Waals surface area contributed by atoms with Crippen molar-refractivity contribution in [2.75, 3.05) is 6.61 Å². The Hall–Kier alpha value is -0.880. The van der Waals surface area contributed by atoms with Crippen LogP contribution in [0.25, 0.3) is 10.8 Å². The summed E-state index contributed by atoms with van der Waals surface area (Å²) >= 11 is 3.06. The van der Waals surface area contributed by atoms with Gasteiger partial charge < -0.3 is 14.5 Å². The maximum atomic E-state index is 13.9. The van der Waals surface area contributed by atoms with Crippen molar-refractivity contribution >= 4 is 35.1 Å². The van der Waals surface area contributed by atoms with Crippen molar-refractivity contribution in [1.29, 1.82) is 0 Å². The van der Waals surface area contributed by atoms with E-state index in [0.717, 1.165) is 12.8 Å². The highest BCUT2D eigenvalue weighted by molar-refractivity contribution is 9.10. The van der Waals surface area contributed by atoms with Crippen LogP contribution in [0.4, 0.5) is 8.78 Å². The minimum Gasteiger partial charge on any atom is -0.477 e. The Morgan fingerprint density at radius 3 is 2.61 bits per heavy atom. The number of aromatic nitrogens is 1. The summed E-state index contributed by atoms with van der Waals surface area (Å²) in [5.74, 6) is 0.931. The van der Waals surface area contributed by atoms with Gasteiger partial charge in [0.2, 0.25) is 14.3 Å². The van der Waals surface area contributed by atoms with E-state index in [1.165, 1.54) is 18.6 Å². The van der Waals surface area contributed by atoms with Crippen molar-refractivity contribution in [2.45, 2.75) is 24.9 Å².